The Bertz CT molecular complexity index is 1110. The SMILES string of the molecule is CNC(=O)[C@@H]1C[C@@H](O)C[N+]1(C)C1(c2cccc3c2OCO3)C(=O)Nc2cc(Cl)ccc21. The Morgan fingerprint density at radius 2 is 2.10 bits per heavy atom. The number of para-hydroxylation sites is 1. The maximum atomic E-state index is 13.9. The lowest BCUT2D eigenvalue weighted by atomic mass is 9.78. The molecule has 2 amide bonds. The fraction of sp³-hybridized carbons (Fsp3) is 0.364. The molecule has 0 aliphatic carbocycles. The molecule has 0 saturated carbocycles. The lowest BCUT2D eigenvalue weighted by Gasteiger charge is -2.48. The number of carbonyl (C=O) groups is 2. The maximum absolute atomic E-state index is 13.9. The number of likely N-dealkylation sites (tertiary alicyclic amines) is 1. The minimum Gasteiger partial charge on any atom is -0.454 e. The maximum Gasteiger partial charge on any atom is 0.295 e. The van der Waals surface area contributed by atoms with Gasteiger partial charge in [0.25, 0.3) is 11.8 Å². The lowest BCUT2D eigenvalue weighted by Crippen LogP contribution is -2.68. The van der Waals surface area contributed by atoms with Crippen LogP contribution in [0.1, 0.15) is 17.5 Å². The molecule has 1 saturated heterocycles. The number of aliphatic hydroxyl groups is 1. The summed E-state index contributed by atoms with van der Waals surface area (Å²) in [6.07, 6.45) is -0.511. The molecule has 3 aliphatic heterocycles. The number of hydrogen-bond donors (Lipinski definition) is 3. The first kappa shape index (κ1) is 20.1. The van der Waals surface area contributed by atoms with Gasteiger partial charge in [-0.2, -0.15) is 0 Å². The van der Waals surface area contributed by atoms with Crippen LogP contribution in [0.5, 0.6) is 11.5 Å². The monoisotopic (exact) mass is 444 g/mol. The molecule has 3 heterocycles. The van der Waals surface area contributed by atoms with E-state index in [9.17, 15) is 14.7 Å². The van der Waals surface area contributed by atoms with Crippen molar-refractivity contribution in [1.29, 1.82) is 0 Å². The highest BCUT2D eigenvalue weighted by atomic mass is 35.5. The predicted molar refractivity (Wildman–Crippen MR) is 113 cm³/mol. The van der Waals surface area contributed by atoms with Gasteiger partial charge < -0.3 is 25.2 Å². The third-order valence-electron chi connectivity index (χ3n) is 6.82. The Hall–Kier alpha value is -2.81. The molecular formula is C22H23ClN3O5+. The Kier molecular flexibility index (Phi) is 4.44. The molecule has 3 N–H and O–H groups in total. The highest BCUT2D eigenvalue weighted by Gasteiger charge is 2.69. The lowest BCUT2D eigenvalue weighted by molar-refractivity contribution is -0.953. The number of nitrogens with one attached hydrogen (secondary N) is 2. The van der Waals surface area contributed by atoms with Crippen LogP contribution in [0, 0.1) is 0 Å². The Balaban J connectivity index is 1.86. The van der Waals surface area contributed by atoms with Gasteiger partial charge in [0.1, 0.15) is 12.6 Å². The Morgan fingerprint density at radius 3 is 2.87 bits per heavy atom. The first-order chi connectivity index (χ1) is 14.8. The number of rotatable bonds is 3. The summed E-state index contributed by atoms with van der Waals surface area (Å²) in [6.45, 7) is 0.251. The number of ether oxygens (including phenoxy) is 2. The average molecular weight is 445 g/mol. The van der Waals surface area contributed by atoms with Gasteiger partial charge in [-0.05, 0) is 30.3 Å². The van der Waals surface area contributed by atoms with Crippen molar-refractivity contribution >= 4 is 29.1 Å². The number of benzene rings is 2. The summed E-state index contributed by atoms with van der Waals surface area (Å²) in [5.41, 5.74) is 0.487. The number of carbonyl (C=O) groups excluding carboxylic acids is 2. The summed E-state index contributed by atoms with van der Waals surface area (Å²) in [5.74, 6) is 0.462. The van der Waals surface area contributed by atoms with Gasteiger partial charge in [0.05, 0.1) is 23.9 Å². The van der Waals surface area contributed by atoms with Crippen LogP contribution in [0.2, 0.25) is 5.02 Å². The van der Waals surface area contributed by atoms with Gasteiger partial charge in [-0.25, -0.2) is 0 Å². The fourth-order valence-corrected chi connectivity index (χ4v) is 5.74. The average Bonchev–Trinajstić information content (AvgIpc) is 3.41. The van der Waals surface area contributed by atoms with Crippen molar-refractivity contribution in [2.75, 3.05) is 32.7 Å². The number of hydrogen-bond acceptors (Lipinski definition) is 5. The summed E-state index contributed by atoms with van der Waals surface area (Å²) in [5, 5.41) is 16.8. The zero-order valence-electron chi connectivity index (χ0n) is 17.1. The van der Waals surface area contributed by atoms with Crippen molar-refractivity contribution in [3.63, 3.8) is 0 Å². The Labute approximate surface area is 184 Å². The van der Waals surface area contributed by atoms with E-state index in [2.05, 4.69) is 10.6 Å². The first-order valence-corrected chi connectivity index (χ1v) is 10.5. The molecule has 9 heteroatoms. The highest BCUT2D eigenvalue weighted by molar-refractivity contribution is 6.31. The molecule has 4 atom stereocenters. The minimum atomic E-state index is -1.35. The number of aliphatic hydroxyl groups excluding tert-OH is 1. The summed E-state index contributed by atoms with van der Waals surface area (Å²) in [7, 11) is 3.40. The molecule has 8 nitrogen and oxygen atoms in total. The van der Waals surface area contributed by atoms with E-state index in [0.717, 1.165) is 0 Å². The van der Waals surface area contributed by atoms with Gasteiger partial charge in [0.2, 0.25) is 12.3 Å². The summed E-state index contributed by atoms with van der Waals surface area (Å²) in [4.78, 5) is 26.9. The van der Waals surface area contributed by atoms with Crippen molar-refractivity contribution in [3.05, 3.63) is 52.5 Å². The van der Waals surface area contributed by atoms with Gasteiger partial charge in [0, 0.05) is 18.5 Å². The van der Waals surface area contributed by atoms with Crippen LogP contribution in [0.3, 0.4) is 0 Å². The van der Waals surface area contributed by atoms with E-state index in [1.165, 1.54) is 0 Å². The van der Waals surface area contributed by atoms with E-state index in [1.54, 1.807) is 37.4 Å². The normalized spacial score (nSPS) is 30.8. The van der Waals surface area contributed by atoms with Gasteiger partial charge in [-0.15, -0.1) is 0 Å². The molecule has 2 aromatic carbocycles. The first-order valence-electron chi connectivity index (χ1n) is 10.1. The largest absolute Gasteiger partial charge is 0.454 e. The molecule has 0 aromatic heterocycles. The number of amides is 2. The van der Waals surface area contributed by atoms with Crippen LogP contribution in [0.15, 0.2) is 36.4 Å². The molecule has 2 aromatic rings. The van der Waals surface area contributed by atoms with Crippen LogP contribution in [-0.4, -0.2) is 61.0 Å². The number of quaternary nitrogens is 1. The number of likely N-dealkylation sites (N-methyl/N-ethyl adjacent to an activating group) is 2. The van der Waals surface area contributed by atoms with Gasteiger partial charge in [-0.3, -0.25) is 14.1 Å². The number of nitrogens with zero attached hydrogens (tertiary/aromatic N) is 1. The second-order valence-corrected chi connectivity index (χ2v) is 8.80. The third kappa shape index (κ3) is 2.55. The molecule has 3 aliphatic rings. The van der Waals surface area contributed by atoms with E-state index in [0.29, 0.717) is 33.3 Å². The number of fused-ring (bicyclic) bond motifs is 2. The van der Waals surface area contributed by atoms with E-state index in [4.69, 9.17) is 21.1 Å². The van der Waals surface area contributed by atoms with Crippen molar-refractivity contribution in [2.24, 2.45) is 0 Å². The molecular weight excluding hydrogens is 422 g/mol. The van der Waals surface area contributed by atoms with Gasteiger partial charge in [-0.1, -0.05) is 17.7 Å². The molecule has 0 spiro atoms. The second-order valence-electron chi connectivity index (χ2n) is 8.36. The second kappa shape index (κ2) is 6.85. The van der Waals surface area contributed by atoms with Gasteiger partial charge in [0.15, 0.2) is 17.5 Å². The van der Waals surface area contributed by atoms with E-state index < -0.39 is 17.7 Å². The van der Waals surface area contributed by atoms with Crippen molar-refractivity contribution < 1.29 is 28.7 Å². The molecule has 31 heavy (non-hydrogen) atoms. The van der Waals surface area contributed by atoms with Crippen LogP contribution in [0.4, 0.5) is 5.69 Å². The predicted octanol–water partition coefficient (Wildman–Crippen LogP) is 1.59. The molecule has 0 bridgehead atoms. The molecule has 5 rings (SSSR count). The quantitative estimate of drug-likeness (QED) is 0.625. The van der Waals surface area contributed by atoms with Crippen molar-refractivity contribution in [1.82, 2.24) is 5.32 Å². The summed E-state index contributed by atoms with van der Waals surface area (Å²) < 4.78 is 11.3. The zero-order valence-corrected chi connectivity index (χ0v) is 17.9. The van der Waals surface area contributed by atoms with E-state index in [-0.39, 0.29) is 36.1 Å². The molecule has 1 fully saturated rings. The number of halogens is 1. The molecule has 0 radical (unpaired) electrons. The Morgan fingerprint density at radius 1 is 1.29 bits per heavy atom. The van der Waals surface area contributed by atoms with Crippen LogP contribution < -0.4 is 20.1 Å². The van der Waals surface area contributed by atoms with E-state index in [1.807, 2.05) is 13.1 Å². The highest BCUT2D eigenvalue weighted by Crippen LogP contribution is 2.56. The zero-order chi connectivity index (χ0) is 22.0. The summed E-state index contributed by atoms with van der Waals surface area (Å²) >= 11 is 6.22. The smallest absolute Gasteiger partial charge is 0.295 e. The van der Waals surface area contributed by atoms with Crippen LogP contribution in [0.25, 0.3) is 0 Å². The van der Waals surface area contributed by atoms with Gasteiger partial charge >= 0.3 is 0 Å². The van der Waals surface area contributed by atoms with Crippen molar-refractivity contribution in [2.45, 2.75) is 24.1 Å². The number of anilines is 1. The topological polar surface area (TPSA) is 96.9 Å². The van der Waals surface area contributed by atoms with Crippen LogP contribution >= 0.6 is 11.6 Å². The molecule has 162 valence electrons. The van der Waals surface area contributed by atoms with Crippen LogP contribution in [-0.2, 0) is 15.1 Å². The summed E-state index contributed by atoms with van der Waals surface area (Å²) in [6, 6.07) is 9.98. The minimum absolute atomic E-state index is 0.0444. The molecule has 2 unspecified atom stereocenters. The van der Waals surface area contributed by atoms with E-state index >= 15 is 0 Å². The third-order valence-corrected chi connectivity index (χ3v) is 7.06. The standard InChI is InChI=1S/C22H22ClN3O5/c1-24-20(28)17-9-13(27)10-26(17,2)22(15-4-3-5-18-19(15)31-11-30-18)14-7-6-12(23)8-16(14)25-21(22)29/h3-8,13,17,27H,9-11H2,1-2H3,(H-,24,25,28,29)/p+1/t13-,17+,22?,26?/m1/s1. The fourth-order valence-electron chi connectivity index (χ4n) is 5.57. The van der Waals surface area contributed by atoms with Crippen molar-refractivity contribution in [3.8, 4) is 11.5 Å².